The van der Waals surface area contributed by atoms with Crippen molar-refractivity contribution in [3.63, 3.8) is 0 Å². The molecule has 0 aliphatic rings. The zero-order valence-electron chi connectivity index (χ0n) is 11.1. The number of carbonyl (C=O) groups is 1. The number of H-pyrrole nitrogens is 1. The van der Waals surface area contributed by atoms with Gasteiger partial charge >= 0.3 is 0 Å². The van der Waals surface area contributed by atoms with Crippen LogP contribution in [0.25, 0.3) is 0 Å². The highest BCUT2D eigenvalue weighted by atomic mass is 32.2. The molecule has 0 unspecified atom stereocenters. The predicted molar refractivity (Wildman–Crippen MR) is 78.6 cm³/mol. The van der Waals surface area contributed by atoms with E-state index in [-0.39, 0.29) is 17.2 Å². The van der Waals surface area contributed by atoms with Crippen LogP contribution in [-0.2, 0) is 11.3 Å². The number of nitrogens with one attached hydrogen (secondary N) is 2. The Morgan fingerprint density at radius 3 is 2.75 bits per heavy atom. The van der Waals surface area contributed by atoms with Crippen LogP contribution < -0.4 is 10.9 Å². The van der Waals surface area contributed by atoms with Crippen molar-refractivity contribution in [3.05, 3.63) is 58.0 Å². The Balaban J connectivity index is 1.78. The summed E-state index contributed by atoms with van der Waals surface area (Å²) < 4.78 is 0. The summed E-state index contributed by atoms with van der Waals surface area (Å²) in [5, 5.41) is 3.27. The van der Waals surface area contributed by atoms with E-state index >= 15 is 0 Å². The van der Waals surface area contributed by atoms with Crippen LogP contribution in [-0.4, -0.2) is 21.6 Å². The summed E-state index contributed by atoms with van der Waals surface area (Å²) in [7, 11) is 0. The summed E-state index contributed by atoms with van der Waals surface area (Å²) in [5.41, 5.74) is 2.03. The minimum atomic E-state index is -0.220. The molecule has 104 valence electrons. The minimum absolute atomic E-state index is 0.0953. The Labute approximate surface area is 120 Å². The number of carbonyl (C=O) groups excluding carboxylic acids is 1. The molecular weight excluding hydrogens is 274 g/mol. The maximum atomic E-state index is 11.7. The molecule has 6 heteroatoms. The Morgan fingerprint density at radius 2 is 2.05 bits per heavy atom. The van der Waals surface area contributed by atoms with Gasteiger partial charge in [0, 0.05) is 18.8 Å². The first kappa shape index (κ1) is 14.3. The van der Waals surface area contributed by atoms with Crippen molar-refractivity contribution < 1.29 is 4.79 Å². The van der Waals surface area contributed by atoms with Gasteiger partial charge in [0.05, 0.1) is 5.75 Å². The third-order valence-corrected chi connectivity index (χ3v) is 3.49. The van der Waals surface area contributed by atoms with Crippen LogP contribution in [0, 0.1) is 6.92 Å². The first-order valence-corrected chi connectivity index (χ1v) is 7.12. The van der Waals surface area contributed by atoms with Crippen LogP contribution in [0.15, 0.2) is 46.5 Å². The molecule has 5 nitrogen and oxygen atoms in total. The molecular formula is C14H15N3O2S. The van der Waals surface area contributed by atoms with Gasteiger partial charge in [-0.1, -0.05) is 41.6 Å². The van der Waals surface area contributed by atoms with E-state index in [1.165, 1.54) is 29.6 Å². The van der Waals surface area contributed by atoms with E-state index in [1.807, 2.05) is 31.2 Å². The average Bonchev–Trinajstić information content (AvgIpc) is 2.45. The number of nitrogens with zero attached hydrogens (tertiary/aromatic N) is 1. The second kappa shape index (κ2) is 6.91. The molecule has 0 saturated heterocycles. The molecule has 2 aromatic rings. The monoisotopic (exact) mass is 289 g/mol. The maximum Gasteiger partial charge on any atom is 0.251 e. The minimum Gasteiger partial charge on any atom is -0.351 e. The SMILES string of the molecule is Cc1ccc(CNC(=O)CSc2nccc(=O)[nH]2)cc1. The average molecular weight is 289 g/mol. The van der Waals surface area contributed by atoms with Gasteiger partial charge in [-0.15, -0.1) is 0 Å². The van der Waals surface area contributed by atoms with Crippen LogP contribution in [0.4, 0.5) is 0 Å². The van der Waals surface area contributed by atoms with E-state index in [1.54, 1.807) is 0 Å². The molecule has 0 aliphatic heterocycles. The van der Waals surface area contributed by atoms with Crippen molar-refractivity contribution in [2.45, 2.75) is 18.6 Å². The smallest absolute Gasteiger partial charge is 0.251 e. The van der Waals surface area contributed by atoms with Gasteiger partial charge in [-0.25, -0.2) is 4.98 Å². The standard InChI is InChI=1S/C14H15N3O2S/c1-10-2-4-11(5-3-10)8-16-13(19)9-20-14-15-7-6-12(18)17-14/h2-7H,8-9H2,1H3,(H,16,19)(H,15,17,18). The summed E-state index contributed by atoms with van der Waals surface area (Å²) in [6.07, 6.45) is 1.42. The Morgan fingerprint density at radius 1 is 1.30 bits per heavy atom. The number of rotatable bonds is 5. The molecule has 0 bridgehead atoms. The highest BCUT2D eigenvalue weighted by molar-refractivity contribution is 7.99. The molecule has 1 heterocycles. The van der Waals surface area contributed by atoms with Crippen LogP contribution >= 0.6 is 11.8 Å². The molecule has 2 rings (SSSR count). The summed E-state index contributed by atoms with van der Waals surface area (Å²) in [4.78, 5) is 29.3. The largest absolute Gasteiger partial charge is 0.351 e. The summed E-state index contributed by atoms with van der Waals surface area (Å²) in [6.45, 7) is 2.52. The molecule has 1 aromatic carbocycles. The molecule has 20 heavy (non-hydrogen) atoms. The fourth-order valence-corrected chi connectivity index (χ4v) is 2.19. The molecule has 0 spiro atoms. The van der Waals surface area contributed by atoms with Crippen molar-refractivity contribution in [1.29, 1.82) is 0 Å². The summed E-state index contributed by atoms with van der Waals surface area (Å²) in [5.74, 6) is 0.126. The highest BCUT2D eigenvalue weighted by Crippen LogP contribution is 2.09. The van der Waals surface area contributed by atoms with Crippen LogP contribution in [0.2, 0.25) is 0 Å². The van der Waals surface area contributed by atoms with E-state index < -0.39 is 0 Å². The number of aromatic nitrogens is 2. The van der Waals surface area contributed by atoms with Gasteiger partial charge < -0.3 is 10.3 Å². The first-order valence-electron chi connectivity index (χ1n) is 6.14. The Kier molecular flexibility index (Phi) is 4.95. The number of hydrogen-bond donors (Lipinski definition) is 2. The van der Waals surface area contributed by atoms with Gasteiger partial charge in [-0.05, 0) is 12.5 Å². The third-order valence-electron chi connectivity index (χ3n) is 2.60. The van der Waals surface area contributed by atoms with Gasteiger partial charge in [0.1, 0.15) is 0 Å². The van der Waals surface area contributed by atoms with Gasteiger partial charge in [-0.2, -0.15) is 0 Å². The topological polar surface area (TPSA) is 74.8 Å². The number of thioether (sulfide) groups is 1. The van der Waals surface area contributed by atoms with Gasteiger partial charge in [0.25, 0.3) is 5.56 Å². The molecule has 2 N–H and O–H groups in total. The lowest BCUT2D eigenvalue weighted by atomic mass is 10.1. The van der Waals surface area contributed by atoms with Crippen molar-refractivity contribution >= 4 is 17.7 Å². The lowest BCUT2D eigenvalue weighted by Crippen LogP contribution is -2.24. The number of amides is 1. The number of aryl methyl sites for hydroxylation is 1. The van der Waals surface area contributed by atoms with Crippen molar-refractivity contribution in [2.75, 3.05) is 5.75 Å². The normalized spacial score (nSPS) is 10.2. The Bertz CT molecular complexity index is 637. The van der Waals surface area contributed by atoms with Gasteiger partial charge in [0.15, 0.2) is 5.16 Å². The predicted octanol–water partition coefficient (Wildman–Crippen LogP) is 1.49. The third kappa shape index (κ3) is 4.55. The summed E-state index contributed by atoms with van der Waals surface area (Å²) in [6, 6.07) is 9.32. The fourth-order valence-electron chi connectivity index (χ4n) is 1.52. The Hall–Kier alpha value is -2.08. The molecule has 0 saturated carbocycles. The molecule has 0 atom stereocenters. The lowest BCUT2D eigenvalue weighted by molar-refractivity contribution is -0.118. The van der Waals surface area contributed by atoms with Gasteiger partial charge in [-0.3, -0.25) is 9.59 Å². The number of benzene rings is 1. The van der Waals surface area contributed by atoms with E-state index in [4.69, 9.17) is 0 Å². The van der Waals surface area contributed by atoms with Crippen molar-refractivity contribution in [2.24, 2.45) is 0 Å². The first-order chi connectivity index (χ1) is 9.63. The van der Waals surface area contributed by atoms with Crippen LogP contribution in [0.1, 0.15) is 11.1 Å². The lowest BCUT2D eigenvalue weighted by Gasteiger charge is -2.05. The van der Waals surface area contributed by atoms with E-state index in [0.29, 0.717) is 11.7 Å². The zero-order valence-corrected chi connectivity index (χ0v) is 11.9. The van der Waals surface area contributed by atoms with Crippen LogP contribution in [0.3, 0.4) is 0 Å². The molecule has 0 fully saturated rings. The fraction of sp³-hybridized carbons (Fsp3) is 0.214. The molecule has 0 radical (unpaired) electrons. The van der Waals surface area contributed by atoms with E-state index in [0.717, 1.165) is 5.56 Å². The van der Waals surface area contributed by atoms with Crippen molar-refractivity contribution in [3.8, 4) is 0 Å². The van der Waals surface area contributed by atoms with Crippen molar-refractivity contribution in [1.82, 2.24) is 15.3 Å². The maximum absolute atomic E-state index is 11.7. The highest BCUT2D eigenvalue weighted by Gasteiger charge is 2.04. The molecule has 1 aromatic heterocycles. The number of aromatic amines is 1. The quantitative estimate of drug-likeness (QED) is 0.646. The van der Waals surface area contributed by atoms with Crippen LogP contribution in [0.5, 0.6) is 0 Å². The van der Waals surface area contributed by atoms with Gasteiger partial charge in [0.2, 0.25) is 5.91 Å². The molecule has 0 aliphatic carbocycles. The summed E-state index contributed by atoms with van der Waals surface area (Å²) >= 11 is 1.20. The second-order valence-corrected chi connectivity index (χ2v) is 5.25. The second-order valence-electron chi connectivity index (χ2n) is 4.29. The van der Waals surface area contributed by atoms with E-state index in [2.05, 4.69) is 15.3 Å². The zero-order chi connectivity index (χ0) is 14.4. The van der Waals surface area contributed by atoms with E-state index in [9.17, 15) is 9.59 Å². The number of hydrogen-bond acceptors (Lipinski definition) is 4. The molecule has 1 amide bonds.